The number of rotatable bonds is 3. The second kappa shape index (κ2) is 6.92. The SMILES string of the molecule is O=[N+]([O-])c1ccc(Nc2c(Br)c(F)nc(Br)c2Br)c(C(F)(F)F)c1. The van der Waals surface area contributed by atoms with Crippen molar-refractivity contribution in [3.05, 3.63) is 53.4 Å². The van der Waals surface area contributed by atoms with Crippen molar-refractivity contribution in [2.75, 3.05) is 5.32 Å². The van der Waals surface area contributed by atoms with Crippen LogP contribution < -0.4 is 5.32 Å². The Morgan fingerprint density at radius 1 is 1.17 bits per heavy atom. The van der Waals surface area contributed by atoms with Crippen molar-refractivity contribution in [3.8, 4) is 0 Å². The third-order valence-electron chi connectivity index (χ3n) is 2.78. The summed E-state index contributed by atoms with van der Waals surface area (Å²) in [5, 5.41) is 13.1. The van der Waals surface area contributed by atoms with Crippen LogP contribution in [-0.4, -0.2) is 9.91 Å². The van der Waals surface area contributed by atoms with Crippen LogP contribution >= 0.6 is 47.8 Å². The molecule has 0 amide bonds. The van der Waals surface area contributed by atoms with Crippen LogP contribution in [-0.2, 0) is 6.18 Å². The summed E-state index contributed by atoms with van der Waals surface area (Å²) in [5.41, 5.74) is -2.52. The van der Waals surface area contributed by atoms with Crippen molar-refractivity contribution in [2.45, 2.75) is 6.18 Å². The zero-order valence-corrected chi connectivity index (χ0v) is 15.8. The van der Waals surface area contributed by atoms with E-state index in [9.17, 15) is 27.7 Å². The van der Waals surface area contributed by atoms with Crippen molar-refractivity contribution in [1.82, 2.24) is 4.98 Å². The lowest BCUT2D eigenvalue weighted by Gasteiger charge is -2.17. The molecule has 0 bridgehead atoms. The molecule has 0 unspecified atom stereocenters. The van der Waals surface area contributed by atoms with Crippen molar-refractivity contribution < 1.29 is 22.5 Å². The summed E-state index contributed by atoms with van der Waals surface area (Å²) >= 11 is 8.94. The van der Waals surface area contributed by atoms with E-state index in [2.05, 4.69) is 58.1 Å². The number of nitrogens with one attached hydrogen (secondary N) is 1. The number of non-ortho nitro benzene ring substituents is 1. The first-order chi connectivity index (χ1) is 11.0. The fraction of sp³-hybridized carbons (Fsp3) is 0.0833. The number of anilines is 2. The molecule has 0 aliphatic rings. The van der Waals surface area contributed by atoms with Gasteiger partial charge in [0, 0.05) is 12.1 Å². The molecule has 0 radical (unpaired) electrons. The molecule has 0 saturated heterocycles. The number of alkyl halides is 3. The number of halogens is 7. The van der Waals surface area contributed by atoms with Crippen molar-refractivity contribution in [3.63, 3.8) is 0 Å². The Bertz CT molecular complexity index is 804. The predicted octanol–water partition coefficient (Wildman–Crippen LogP) is 6.18. The molecule has 0 aliphatic carbocycles. The number of hydrogen-bond acceptors (Lipinski definition) is 4. The van der Waals surface area contributed by atoms with Crippen molar-refractivity contribution in [2.24, 2.45) is 0 Å². The Morgan fingerprint density at radius 2 is 1.79 bits per heavy atom. The van der Waals surface area contributed by atoms with Crippen LogP contribution in [0.25, 0.3) is 0 Å². The maximum atomic E-state index is 13.7. The van der Waals surface area contributed by atoms with E-state index in [1.807, 2.05) is 0 Å². The van der Waals surface area contributed by atoms with Crippen LogP contribution in [0, 0.1) is 16.1 Å². The lowest BCUT2D eigenvalue weighted by molar-refractivity contribution is -0.385. The molecule has 128 valence electrons. The van der Waals surface area contributed by atoms with E-state index in [0.717, 1.165) is 12.1 Å². The number of nitro benzene ring substituents is 1. The smallest absolute Gasteiger partial charge is 0.353 e. The molecule has 0 spiro atoms. The largest absolute Gasteiger partial charge is 0.418 e. The quantitative estimate of drug-likeness (QED) is 0.220. The van der Waals surface area contributed by atoms with Gasteiger partial charge in [0.15, 0.2) is 0 Å². The highest BCUT2D eigenvalue weighted by Gasteiger charge is 2.35. The Labute approximate surface area is 157 Å². The number of hydrogen-bond donors (Lipinski definition) is 1. The summed E-state index contributed by atoms with van der Waals surface area (Å²) in [6.07, 6.45) is -4.85. The third kappa shape index (κ3) is 3.86. The van der Waals surface area contributed by atoms with Crippen molar-refractivity contribution >= 4 is 64.9 Å². The van der Waals surface area contributed by atoms with Crippen LogP contribution in [0.4, 0.5) is 34.6 Å². The Kier molecular flexibility index (Phi) is 5.50. The van der Waals surface area contributed by atoms with Crippen LogP contribution in [0.5, 0.6) is 0 Å². The second-order valence-electron chi connectivity index (χ2n) is 4.31. The molecule has 0 aliphatic heterocycles. The lowest BCUT2D eigenvalue weighted by Crippen LogP contribution is -2.10. The highest BCUT2D eigenvalue weighted by molar-refractivity contribution is 9.13. The summed E-state index contributed by atoms with van der Waals surface area (Å²) in [7, 11) is 0. The number of pyridine rings is 1. The summed E-state index contributed by atoms with van der Waals surface area (Å²) in [4.78, 5) is 13.2. The molecular weight excluding hydrogens is 534 g/mol. The van der Waals surface area contributed by atoms with Crippen molar-refractivity contribution in [1.29, 1.82) is 0 Å². The average molecular weight is 538 g/mol. The van der Waals surface area contributed by atoms with Crippen LogP contribution in [0.1, 0.15) is 5.56 Å². The van der Waals surface area contributed by atoms with E-state index < -0.39 is 34.0 Å². The van der Waals surface area contributed by atoms with Gasteiger partial charge in [-0.2, -0.15) is 17.6 Å². The minimum absolute atomic E-state index is 0.0289. The predicted molar refractivity (Wildman–Crippen MR) is 88.7 cm³/mol. The molecular formula is C12H4Br3F4N3O2. The highest BCUT2D eigenvalue weighted by atomic mass is 79.9. The van der Waals surface area contributed by atoms with Gasteiger partial charge in [-0.3, -0.25) is 10.1 Å². The molecule has 0 saturated carbocycles. The number of benzene rings is 1. The molecule has 1 heterocycles. The summed E-state index contributed by atoms with van der Waals surface area (Å²) < 4.78 is 53.2. The minimum atomic E-state index is -4.85. The fourth-order valence-corrected chi connectivity index (χ4v) is 3.11. The van der Waals surface area contributed by atoms with Crippen LogP contribution in [0.3, 0.4) is 0 Å². The minimum Gasteiger partial charge on any atom is -0.353 e. The topological polar surface area (TPSA) is 68.1 Å². The first-order valence-corrected chi connectivity index (χ1v) is 8.23. The van der Waals surface area contributed by atoms with Gasteiger partial charge in [-0.05, 0) is 53.9 Å². The van der Waals surface area contributed by atoms with E-state index in [0.29, 0.717) is 6.07 Å². The molecule has 2 rings (SSSR count). The zero-order valence-electron chi connectivity index (χ0n) is 11.1. The molecule has 5 nitrogen and oxygen atoms in total. The monoisotopic (exact) mass is 535 g/mol. The Hall–Kier alpha value is -1.27. The molecule has 12 heteroatoms. The van der Waals surface area contributed by atoms with E-state index in [-0.39, 0.29) is 19.2 Å². The number of nitro groups is 1. The summed E-state index contributed by atoms with van der Waals surface area (Å²) in [6.45, 7) is 0. The third-order valence-corrected chi connectivity index (χ3v) is 5.38. The van der Waals surface area contributed by atoms with Gasteiger partial charge in [-0.25, -0.2) is 4.98 Å². The van der Waals surface area contributed by atoms with Gasteiger partial charge in [0.05, 0.1) is 30.8 Å². The molecule has 24 heavy (non-hydrogen) atoms. The summed E-state index contributed by atoms with van der Waals surface area (Å²) in [5.74, 6) is -0.956. The van der Waals surface area contributed by atoms with E-state index >= 15 is 0 Å². The molecule has 1 aromatic heterocycles. The fourth-order valence-electron chi connectivity index (χ4n) is 1.72. The molecule has 2 aromatic rings. The number of nitrogens with zero attached hydrogens (tertiary/aromatic N) is 2. The van der Waals surface area contributed by atoms with Gasteiger partial charge >= 0.3 is 6.18 Å². The number of aromatic nitrogens is 1. The van der Waals surface area contributed by atoms with Gasteiger partial charge < -0.3 is 5.32 Å². The molecule has 1 aromatic carbocycles. The van der Waals surface area contributed by atoms with E-state index in [1.165, 1.54) is 0 Å². The first-order valence-electron chi connectivity index (χ1n) is 5.85. The maximum Gasteiger partial charge on any atom is 0.418 e. The highest BCUT2D eigenvalue weighted by Crippen LogP contribution is 2.42. The molecule has 0 fully saturated rings. The van der Waals surface area contributed by atoms with E-state index in [4.69, 9.17) is 0 Å². The van der Waals surface area contributed by atoms with Gasteiger partial charge in [0.25, 0.3) is 5.69 Å². The molecule has 1 N–H and O–H groups in total. The zero-order chi connectivity index (χ0) is 18.2. The first kappa shape index (κ1) is 19.1. The van der Waals surface area contributed by atoms with Crippen LogP contribution in [0.2, 0.25) is 0 Å². The Morgan fingerprint density at radius 3 is 2.33 bits per heavy atom. The Balaban J connectivity index is 2.61. The van der Waals surface area contributed by atoms with Gasteiger partial charge in [0.2, 0.25) is 5.95 Å². The van der Waals surface area contributed by atoms with E-state index in [1.54, 1.807) is 0 Å². The standard InChI is InChI=1S/C12H4Br3F4N3O2/c13-7-9(8(14)11(16)21-10(7)15)20-6-2-1-4(22(23)24)3-5(6)12(17,18)19/h1-3H,(H,20,21). The molecule has 0 atom stereocenters. The van der Waals surface area contributed by atoms with Gasteiger partial charge in [-0.1, -0.05) is 0 Å². The maximum absolute atomic E-state index is 13.7. The van der Waals surface area contributed by atoms with Crippen LogP contribution in [0.15, 0.2) is 31.7 Å². The van der Waals surface area contributed by atoms with Gasteiger partial charge in [-0.15, -0.1) is 0 Å². The normalized spacial score (nSPS) is 11.5. The second-order valence-corrected chi connectivity index (χ2v) is 6.64. The average Bonchev–Trinajstić information content (AvgIpc) is 2.48. The summed E-state index contributed by atoms with van der Waals surface area (Å²) in [6, 6.07) is 2.20. The van der Waals surface area contributed by atoms with Gasteiger partial charge in [0.1, 0.15) is 4.60 Å². The lowest BCUT2D eigenvalue weighted by atomic mass is 10.1.